The lowest BCUT2D eigenvalue weighted by Crippen LogP contribution is -2.35. The second-order valence-corrected chi connectivity index (χ2v) is 3.56. The molecule has 1 aromatic rings. The minimum absolute atomic E-state index is 0.173. The van der Waals surface area contributed by atoms with Gasteiger partial charge in [-0.3, -0.25) is 4.79 Å². The molecular formula is C12H14N2O. The van der Waals surface area contributed by atoms with Crippen LogP contribution in [0.3, 0.4) is 0 Å². The smallest absolute Gasteiger partial charge is 0.227 e. The number of nitrogens with two attached hydrogens (primary N) is 1. The predicted octanol–water partition coefficient (Wildman–Crippen LogP) is 1.44. The molecule has 1 aliphatic rings. The van der Waals surface area contributed by atoms with Gasteiger partial charge in [0.1, 0.15) is 0 Å². The molecule has 2 rings (SSSR count). The number of anilines is 1. The molecule has 3 nitrogen and oxygen atoms in total. The molecule has 3 heteroatoms. The highest BCUT2D eigenvalue weighted by molar-refractivity contribution is 5.96. The topological polar surface area (TPSA) is 46.3 Å². The van der Waals surface area contributed by atoms with Gasteiger partial charge in [0, 0.05) is 18.7 Å². The van der Waals surface area contributed by atoms with Crippen LogP contribution >= 0.6 is 0 Å². The highest BCUT2D eigenvalue weighted by Crippen LogP contribution is 2.26. The first-order chi connectivity index (χ1) is 7.33. The fraction of sp³-hybridized carbons (Fsp3) is 0.250. The third-order valence-corrected chi connectivity index (χ3v) is 2.62. The van der Waals surface area contributed by atoms with E-state index in [2.05, 4.69) is 6.07 Å². The summed E-state index contributed by atoms with van der Waals surface area (Å²) in [5.74, 6) is 0.173. The minimum atomic E-state index is 0.173. The fourth-order valence-corrected chi connectivity index (χ4v) is 1.86. The van der Waals surface area contributed by atoms with Crippen molar-refractivity contribution < 1.29 is 4.79 Å². The monoisotopic (exact) mass is 202 g/mol. The van der Waals surface area contributed by atoms with Gasteiger partial charge in [-0.05, 0) is 30.3 Å². The second-order valence-electron chi connectivity index (χ2n) is 3.56. The van der Waals surface area contributed by atoms with E-state index in [4.69, 9.17) is 5.73 Å². The maximum absolute atomic E-state index is 11.7. The van der Waals surface area contributed by atoms with Crippen LogP contribution in [0.2, 0.25) is 0 Å². The molecule has 0 spiro atoms. The number of para-hydroxylation sites is 1. The fourth-order valence-electron chi connectivity index (χ4n) is 1.86. The molecule has 0 aromatic heterocycles. The first kappa shape index (κ1) is 9.77. The highest BCUT2D eigenvalue weighted by atomic mass is 16.2. The van der Waals surface area contributed by atoms with Crippen molar-refractivity contribution in [2.45, 2.75) is 12.8 Å². The number of amides is 1. The minimum Gasteiger partial charge on any atom is -0.405 e. The van der Waals surface area contributed by atoms with Crippen LogP contribution in [0, 0.1) is 0 Å². The third-order valence-electron chi connectivity index (χ3n) is 2.62. The molecule has 0 radical (unpaired) electrons. The van der Waals surface area contributed by atoms with E-state index >= 15 is 0 Å². The lowest BCUT2D eigenvalue weighted by Gasteiger charge is -2.28. The molecule has 0 atom stereocenters. The number of carbonyl (C=O) groups is 1. The van der Waals surface area contributed by atoms with Crippen molar-refractivity contribution in [1.29, 1.82) is 0 Å². The molecule has 0 saturated carbocycles. The maximum Gasteiger partial charge on any atom is 0.227 e. The average Bonchev–Trinajstić information content (AvgIpc) is 2.28. The molecule has 1 aliphatic heterocycles. The second kappa shape index (κ2) is 4.17. The van der Waals surface area contributed by atoms with Gasteiger partial charge in [-0.1, -0.05) is 18.2 Å². The molecule has 1 amide bonds. The summed E-state index contributed by atoms with van der Waals surface area (Å²) >= 11 is 0. The Morgan fingerprint density at radius 3 is 2.93 bits per heavy atom. The van der Waals surface area contributed by atoms with E-state index in [9.17, 15) is 4.79 Å². The van der Waals surface area contributed by atoms with Crippen molar-refractivity contribution in [3.63, 3.8) is 0 Å². The summed E-state index contributed by atoms with van der Waals surface area (Å²) in [6.45, 7) is 0.562. The van der Waals surface area contributed by atoms with E-state index < -0.39 is 0 Å². The molecule has 1 heterocycles. The summed E-state index contributed by atoms with van der Waals surface area (Å²) in [6, 6.07) is 8.01. The first-order valence-corrected chi connectivity index (χ1v) is 5.08. The highest BCUT2D eigenvalue weighted by Gasteiger charge is 2.22. The van der Waals surface area contributed by atoms with Crippen LogP contribution in [0.4, 0.5) is 5.69 Å². The van der Waals surface area contributed by atoms with E-state index in [1.807, 2.05) is 18.2 Å². The zero-order chi connectivity index (χ0) is 10.7. The van der Waals surface area contributed by atoms with Gasteiger partial charge in [0.15, 0.2) is 0 Å². The molecule has 15 heavy (non-hydrogen) atoms. The summed E-state index contributed by atoms with van der Waals surface area (Å²) in [7, 11) is 0. The third kappa shape index (κ3) is 1.86. The molecule has 78 valence electrons. The lowest BCUT2D eigenvalue weighted by atomic mass is 10.0. The Bertz CT molecular complexity index is 398. The van der Waals surface area contributed by atoms with E-state index in [1.165, 1.54) is 11.8 Å². The van der Waals surface area contributed by atoms with E-state index in [0.29, 0.717) is 13.0 Å². The SMILES string of the molecule is NC=CCN1C(=O)CCc2ccccc21. The molecule has 0 unspecified atom stereocenters. The first-order valence-electron chi connectivity index (χ1n) is 5.08. The summed E-state index contributed by atoms with van der Waals surface area (Å²) in [4.78, 5) is 13.5. The standard InChI is InChI=1S/C12H14N2O/c13-8-3-9-14-11-5-2-1-4-10(11)6-7-12(14)15/h1-5,8H,6-7,9,13H2. The van der Waals surface area contributed by atoms with Crippen LogP contribution in [-0.2, 0) is 11.2 Å². The maximum atomic E-state index is 11.7. The Labute approximate surface area is 89.2 Å². The largest absolute Gasteiger partial charge is 0.405 e. The predicted molar refractivity (Wildman–Crippen MR) is 60.4 cm³/mol. The van der Waals surface area contributed by atoms with Crippen LogP contribution in [-0.4, -0.2) is 12.5 Å². The average molecular weight is 202 g/mol. The van der Waals surface area contributed by atoms with Gasteiger partial charge in [0.05, 0.1) is 0 Å². The molecule has 2 N–H and O–H groups in total. The van der Waals surface area contributed by atoms with Crippen LogP contribution in [0.1, 0.15) is 12.0 Å². The number of hydrogen-bond donors (Lipinski definition) is 1. The molecule has 0 aliphatic carbocycles. The Hall–Kier alpha value is -1.77. The number of rotatable bonds is 2. The molecular weight excluding hydrogens is 188 g/mol. The van der Waals surface area contributed by atoms with Crippen molar-refractivity contribution in [2.24, 2.45) is 5.73 Å². The van der Waals surface area contributed by atoms with E-state index in [-0.39, 0.29) is 5.91 Å². The zero-order valence-electron chi connectivity index (χ0n) is 8.52. The Kier molecular flexibility index (Phi) is 2.72. The van der Waals surface area contributed by atoms with Crippen LogP contribution in [0.15, 0.2) is 36.5 Å². The summed E-state index contributed by atoms with van der Waals surface area (Å²) in [5.41, 5.74) is 7.55. The Morgan fingerprint density at radius 1 is 1.33 bits per heavy atom. The van der Waals surface area contributed by atoms with Gasteiger partial charge in [0.25, 0.3) is 0 Å². The summed E-state index contributed by atoms with van der Waals surface area (Å²) in [5, 5.41) is 0. The Morgan fingerprint density at radius 2 is 2.13 bits per heavy atom. The quantitative estimate of drug-likeness (QED) is 0.788. The number of benzene rings is 1. The van der Waals surface area contributed by atoms with Crippen molar-refractivity contribution in [2.75, 3.05) is 11.4 Å². The number of aryl methyl sites for hydroxylation is 1. The number of carbonyl (C=O) groups excluding carboxylic acids is 1. The number of fused-ring (bicyclic) bond motifs is 1. The number of hydrogen-bond acceptors (Lipinski definition) is 2. The summed E-state index contributed by atoms with van der Waals surface area (Å²) < 4.78 is 0. The van der Waals surface area contributed by atoms with Gasteiger partial charge >= 0.3 is 0 Å². The van der Waals surface area contributed by atoms with Crippen molar-refractivity contribution in [3.8, 4) is 0 Å². The van der Waals surface area contributed by atoms with Gasteiger partial charge in [-0.25, -0.2) is 0 Å². The summed E-state index contributed by atoms with van der Waals surface area (Å²) in [6.07, 6.45) is 4.71. The van der Waals surface area contributed by atoms with Crippen LogP contribution < -0.4 is 10.6 Å². The van der Waals surface area contributed by atoms with Gasteiger partial charge in [0.2, 0.25) is 5.91 Å². The molecule has 1 aromatic carbocycles. The molecule has 0 saturated heterocycles. The van der Waals surface area contributed by atoms with Crippen LogP contribution in [0.5, 0.6) is 0 Å². The molecule has 0 bridgehead atoms. The van der Waals surface area contributed by atoms with Crippen LogP contribution in [0.25, 0.3) is 0 Å². The normalized spacial score (nSPS) is 15.7. The van der Waals surface area contributed by atoms with E-state index in [0.717, 1.165) is 12.1 Å². The van der Waals surface area contributed by atoms with Gasteiger partial charge < -0.3 is 10.6 Å². The lowest BCUT2D eigenvalue weighted by molar-refractivity contribution is -0.118. The Balaban J connectivity index is 2.32. The zero-order valence-corrected chi connectivity index (χ0v) is 8.52. The van der Waals surface area contributed by atoms with Crippen molar-refractivity contribution in [3.05, 3.63) is 42.1 Å². The number of nitrogens with zero attached hydrogens (tertiary/aromatic N) is 1. The van der Waals surface area contributed by atoms with E-state index in [1.54, 1.807) is 11.0 Å². The van der Waals surface area contributed by atoms with Crippen molar-refractivity contribution in [1.82, 2.24) is 0 Å². The van der Waals surface area contributed by atoms with Gasteiger partial charge in [-0.2, -0.15) is 0 Å². The van der Waals surface area contributed by atoms with Gasteiger partial charge in [-0.15, -0.1) is 0 Å². The molecule has 0 fully saturated rings. The van der Waals surface area contributed by atoms with Crippen molar-refractivity contribution >= 4 is 11.6 Å².